The number of anilines is 1. The number of unbranched alkanes of at least 4 members (excludes halogenated alkanes) is 2. The van der Waals surface area contributed by atoms with E-state index in [0.29, 0.717) is 5.92 Å². The van der Waals surface area contributed by atoms with Crippen LogP contribution in [0.3, 0.4) is 0 Å². The maximum atomic E-state index is 12.6. The fourth-order valence-electron chi connectivity index (χ4n) is 5.85. The van der Waals surface area contributed by atoms with E-state index >= 15 is 0 Å². The zero-order valence-corrected chi connectivity index (χ0v) is 18.5. The third-order valence-corrected chi connectivity index (χ3v) is 7.27. The molecule has 0 N–H and O–H groups in total. The highest BCUT2D eigenvalue weighted by atomic mass is 16.5. The molecule has 160 valence electrons. The van der Waals surface area contributed by atoms with Crippen LogP contribution in [-0.4, -0.2) is 42.6 Å². The number of amides is 1. The van der Waals surface area contributed by atoms with Gasteiger partial charge >= 0.3 is 0 Å². The van der Waals surface area contributed by atoms with Crippen molar-refractivity contribution >= 4 is 11.6 Å². The van der Waals surface area contributed by atoms with E-state index in [1.165, 1.54) is 56.9 Å². The summed E-state index contributed by atoms with van der Waals surface area (Å²) in [6.45, 7) is 8.75. The number of hydrogen-bond donors (Lipinski definition) is 0. The molecule has 4 nitrogen and oxygen atoms in total. The highest BCUT2D eigenvalue weighted by Crippen LogP contribution is 2.41. The molecule has 3 aliphatic heterocycles. The van der Waals surface area contributed by atoms with Crippen LogP contribution in [0.5, 0.6) is 5.75 Å². The van der Waals surface area contributed by atoms with Crippen LogP contribution in [0.1, 0.15) is 70.8 Å². The predicted octanol–water partition coefficient (Wildman–Crippen LogP) is 5.18. The van der Waals surface area contributed by atoms with E-state index < -0.39 is 0 Å². The number of nitrogens with zero attached hydrogens (tertiary/aromatic N) is 2. The summed E-state index contributed by atoms with van der Waals surface area (Å²) in [5.41, 5.74) is 2.12. The van der Waals surface area contributed by atoms with Gasteiger partial charge in [-0.2, -0.15) is 0 Å². The van der Waals surface area contributed by atoms with Crippen LogP contribution in [0.15, 0.2) is 18.2 Å². The first-order valence-corrected chi connectivity index (χ1v) is 11.8. The van der Waals surface area contributed by atoms with Gasteiger partial charge < -0.3 is 9.64 Å². The Morgan fingerprint density at radius 2 is 1.90 bits per heavy atom. The largest absolute Gasteiger partial charge is 0.482 e. The molecular weight excluding hydrogens is 360 g/mol. The van der Waals surface area contributed by atoms with E-state index in [1.807, 2.05) is 11.0 Å². The van der Waals surface area contributed by atoms with Crippen LogP contribution in [0.2, 0.25) is 0 Å². The van der Waals surface area contributed by atoms with Crippen molar-refractivity contribution < 1.29 is 9.53 Å². The predicted molar refractivity (Wildman–Crippen MR) is 119 cm³/mol. The standard InChI is InChI=1S/C25H38N2O2/c1-4-5-6-7-20-13-21-9-10-22(14-20)26(21)15-19(3)16-27-23-12-18(2)8-11-24(23)29-17-25(27)28/h8,11-12,19-22H,4-7,9-10,13-17H2,1-3H3/t19-,20?,21?,22?/m1/s1. The van der Waals surface area contributed by atoms with Gasteiger partial charge in [-0.05, 0) is 62.1 Å². The Morgan fingerprint density at radius 3 is 2.62 bits per heavy atom. The van der Waals surface area contributed by atoms with Crippen LogP contribution >= 0.6 is 0 Å². The molecule has 1 amide bonds. The van der Waals surface area contributed by atoms with Gasteiger partial charge in [0.25, 0.3) is 5.91 Å². The molecular formula is C25H38N2O2. The van der Waals surface area contributed by atoms with Crippen molar-refractivity contribution in [1.82, 2.24) is 4.90 Å². The molecule has 3 heterocycles. The summed E-state index contributed by atoms with van der Waals surface area (Å²) >= 11 is 0. The Kier molecular flexibility index (Phi) is 6.48. The lowest BCUT2D eigenvalue weighted by molar-refractivity contribution is -0.121. The Morgan fingerprint density at radius 1 is 1.14 bits per heavy atom. The number of fused-ring (bicyclic) bond motifs is 3. The number of piperidine rings is 1. The summed E-state index contributed by atoms with van der Waals surface area (Å²) in [4.78, 5) is 17.4. The molecule has 29 heavy (non-hydrogen) atoms. The molecule has 0 radical (unpaired) electrons. The summed E-state index contributed by atoms with van der Waals surface area (Å²) in [5.74, 6) is 2.34. The molecule has 3 atom stereocenters. The Balaban J connectivity index is 1.36. The van der Waals surface area contributed by atoms with Crippen LogP contribution in [-0.2, 0) is 4.79 Å². The summed E-state index contributed by atoms with van der Waals surface area (Å²) in [5, 5.41) is 0. The molecule has 2 saturated heterocycles. The van der Waals surface area contributed by atoms with Crippen LogP contribution in [0.4, 0.5) is 5.69 Å². The number of ether oxygens (including phenoxy) is 1. The lowest BCUT2D eigenvalue weighted by atomic mass is 9.86. The van der Waals surface area contributed by atoms with E-state index in [1.54, 1.807) is 0 Å². The average Bonchev–Trinajstić information content (AvgIpc) is 2.92. The summed E-state index contributed by atoms with van der Waals surface area (Å²) in [7, 11) is 0. The van der Waals surface area contributed by atoms with Gasteiger partial charge in [0.05, 0.1) is 5.69 Å². The van der Waals surface area contributed by atoms with E-state index in [9.17, 15) is 4.79 Å². The molecule has 4 rings (SSSR count). The van der Waals surface area contributed by atoms with Gasteiger partial charge in [0, 0.05) is 25.2 Å². The van der Waals surface area contributed by atoms with Gasteiger partial charge in [-0.3, -0.25) is 9.69 Å². The van der Waals surface area contributed by atoms with Gasteiger partial charge in [-0.1, -0.05) is 45.6 Å². The zero-order chi connectivity index (χ0) is 20.4. The molecule has 0 saturated carbocycles. The fraction of sp³-hybridized carbons (Fsp3) is 0.720. The minimum Gasteiger partial charge on any atom is -0.482 e. The molecule has 0 spiro atoms. The van der Waals surface area contributed by atoms with Crippen molar-refractivity contribution in [2.24, 2.45) is 11.8 Å². The SMILES string of the molecule is CCCCCC1CC2CCC(C1)N2C[C@@H](C)CN1C(=O)COc2ccc(C)cc21. The molecule has 4 heteroatoms. The molecule has 2 unspecified atom stereocenters. The first-order chi connectivity index (χ1) is 14.0. The van der Waals surface area contributed by atoms with E-state index in [-0.39, 0.29) is 12.5 Å². The molecule has 1 aromatic rings. The second-order valence-electron chi connectivity index (χ2n) is 9.78. The van der Waals surface area contributed by atoms with Gasteiger partial charge in [-0.15, -0.1) is 0 Å². The smallest absolute Gasteiger partial charge is 0.265 e. The van der Waals surface area contributed by atoms with Crippen molar-refractivity contribution in [2.45, 2.75) is 84.2 Å². The first kappa shape index (κ1) is 20.7. The number of carbonyl (C=O) groups is 1. The summed E-state index contributed by atoms with van der Waals surface area (Å²) < 4.78 is 5.65. The Hall–Kier alpha value is -1.55. The van der Waals surface area contributed by atoms with Gasteiger partial charge in [0.2, 0.25) is 0 Å². The number of hydrogen-bond acceptors (Lipinski definition) is 3. The van der Waals surface area contributed by atoms with Crippen molar-refractivity contribution in [3.8, 4) is 5.75 Å². The Labute approximate surface area is 176 Å². The molecule has 3 aliphatic rings. The number of benzene rings is 1. The van der Waals surface area contributed by atoms with Crippen molar-refractivity contribution in [3.63, 3.8) is 0 Å². The quantitative estimate of drug-likeness (QED) is 0.566. The number of aryl methyl sites for hydroxylation is 1. The van der Waals surface area contributed by atoms with Crippen LogP contribution in [0.25, 0.3) is 0 Å². The zero-order valence-electron chi connectivity index (χ0n) is 18.5. The summed E-state index contributed by atoms with van der Waals surface area (Å²) in [6.07, 6.45) is 11.1. The summed E-state index contributed by atoms with van der Waals surface area (Å²) in [6, 6.07) is 7.69. The lowest BCUT2D eigenvalue weighted by Gasteiger charge is -2.41. The second-order valence-corrected chi connectivity index (χ2v) is 9.78. The van der Waals surface area contributed by atoms with E-state index in [4.69, 9.17) is 4.74 Å². The van der Waals surface area contributed by atoms with Crippen LogP contribution < -0.4 is 9.64 Å². The van der Waals surface area contributed by atoms with E-state index in [0.717, 1.165) is 42.5 Å². The lowest BCUT2D eigenvalue weighted by Crippen LogP contribution is -2.48. The first-order valence-electron chi connectivity index (χ1n) is 11.8. The normalized spacial score (nSPS) is 27.6. The van der Waals surface area contributed by atoms with Gasteiger partial charge in [-0.25, -0.2) is 0 Å². The second kappa shape index (κ2) is 9.07. The van der Waals surface area contributed by atoms with Crippen molar-refractivity contribution in [3.05, 3.63) is 23.8 Å². The molecule has 2 bridgehead atoms. The third-order valence-electron chi connectivity index (χ3n) is 7.27. The number of carbonyl (C=O) groups excluding carboxylic acids is 1. The van der Waals surface area contributed by atoms with Crippen molar-refractivity contribution in [1.29, 1.82) is 0 Å². The fourth-order valence-corrected chi connectivity index (χ4v) is 5.85. The highest BCUT2D eigenvalue weighted by Gasteiger charge is 2.41. The topological polar surface area (TPSA) is 32.8 Å². The third kappa shape index (κ3) is 4.63. The molecule has 0 aliphatic carbocycles. The minimum atomic E-state index is 0.0903. The van der Waals surface area contributed by atoms with Crippen molar-refractivity contribution in [2.75, 3.05) is 24.6 Å². The van der Waals surface area contributed by atoms with Crippen LogP contribution in [0, 0.1) is 18.8 Å². The molecule has 0 aromatic heterocycles. The maximum absolute atomic E-state index is 12.6. The van der Waals surface area contributed by atoms with Gasteiger partial charge in [0.15, 0.2) is 6.61 Å². The van der Waals surface area contributed by atoms with E-state index in [2.05, 4.69) is 37.8 Å². The highest BCUT2D eigenvalue weighted by molar-refractivity contribution is 5.97. The number of rotatable bonds is 8. The minimum absolute atomic E-state index is 0.0903. The molecule has 1 aromatic carbocycles. The Bertz CT molecular complexity index is 705. The average molecular weight is 399 g/mol. The monoisotopic (exact) mass is 398 g/mol. The maximum Gasteiger partial charge on any atom is 0.265 e. The van der Waals surface area contributed by atoms with Gasteiger partial charge in [0.1, 0.15) is 5.75 Å². The molecule has 2 fully saturated rings.